The number of carbonyl (C=O) groups is 2. The van der Waals surface area contributed by atoms with Crippen molar-refractivity contribution in [3.8, 4) is 5.75 Å². The van der Waals surface area contributed by atoms with Gasteiger partial charge in [-0.1, -0.05) is 23.7 Å². The molecule has 1 aromatic carbocycles. The molecule has 0 aliphatic heterocycles. The normalized spacial score (nSPS) is 11.8. The first kappa shape index (κ1) is 17.0. The molecule has 0 aliphatic rings. The standard InChI is InChI=1S/C16H18ClN3O3/c1-10(21)12-5-4-6-13(7-12)23-11(2)16(22)19-9-15-18-8-14(17)20(15)3/h4-8,11H,9H2,1-3H3,(H,19,22)/t11-/m1/s1. The van der Waals surface area contributed by atoms with Gasteiger partial charge in [-0.05, 0) is 26.0 Å². The fraction of sp³-hybridized carbons (Fsp3) is 0.312. The maximum atomic E-state index is 12.1. The molecule has 0 saturated heterocycles. The first-order valence-corrected chi connectivity index (χ1v) is 7.47. The lowest BCUT2D eigenvalue weighted by Gasteiger charge is -2.15. The number of carbonyl (C=O) groups excluding carboxylic acids is 2. The summed E-state index contributed by atoms with van der Waals surface area (Å²) in [7, 11) is 1.77. The third-order valence-electron chi connectivity index (χ3n) is 3.37. The van der Waals surface area contributed by atoms with Crippen molar-refractivity contribution in [2.75, 3.05) is 0 Å². The molecule has 23 heavy (non-hydrogen) atoms. The molecule has 1 amide bonds. The lowest BCUT2D eigenvalue weighted by atomic mass is 10.1. The van der Waals surface area contributed by atoms with Crippen molar-refractivity contribution in [2.24, 2.45) is 7.05 Å². The van der Waals surface area contributed by atoms with E-state index in [0.717, 1.165) is 0 Å². The molecular weight excluding hydrogens is 318 g/mol. The van der Waals surface area contributed by atoms with Crippen molar-refractivity contribution in [1.29, 1.82) is 0 Å². The van der Waals surface area contributed by atoms with E-state index in [-0.39, 0.29) is 18.2 Å². The van der Waals surface area contributed by atoms with Crippen LogP contribution < -0.4 is 10.1 Å². The number of imidazole rings is 1. The second-order valence-corrected chi connectivity index (χ2v) is 5.51. The summed E-state index contributed by atoms with van der Waals surface area (Å²) in [6, 6.07) is 6.73. The molecule has 2 rings (SSSR count). The average Bonchev–Trinajstić information content (AvgIpc) is 2.84. The van der Waals surface area contributed by atoms with Gasteiger partial charge in [-0.3, -0.25) is 9.59 Å². The molecule has 2 aromatic rings. The van der Waals surface area contributed by atoms with E-state index >= 15 is 0 Å². The van der Waals surface area contributed by atoms with Crippen LogP contribution in [0.2, 0.25) is 5.15 Å². The van der Waals surface area contributed by atoms with Crippen LogP contribution in [0.5, 0.6) is 5.75 Å². The van der Waals surface area contributed by atoms with Gasteiger partial charge in [-0.15, -0.1) is 0 Å². The summed E-state index contributed by atoms with van der Waals surface area (Å²) in [5.74, 6) is 0.783. The number of nitrogens with one attached hydrogen (secondary N) is 1. The molecule has 0 radical (unpaired) electrons. The highest BCUT2D eigenvalue weighted by Crippen LogP contribution is 2.15. The molecule has 0 unspecified atom stereocenters. The van der Waals surface area contributed by atoms with Crippen molar-refractivity contribution >= 4 is 23.3 Å². The summed E-state index contributed by atoms with van der Waals surface area (Å²) in [5.41, 5.74) is 0.540. The maximum absolute atomic E-state index is 12.1. The highest BCUT2D eigenvalue weighted by molar-refractivity contribution is 6.29. The van der Waals surface area contributed by atoms with Crippen molar-refractivity contribution in [2.45, 2.75) is 26.5 Å². The number of Topliss-reactive ketones (excluding diaryl/α,β-unsaturated/α-hetero) is 1. The molecule has 1 atom stereocenters. The van der Waals surface area contributed by atoms with E-state index in [2.05, 4.69) is 10.3 Å². The highest BCUT2D eigenvalue weighted by Gasteiger charge is 2.16. The molecular formula is C16H18ClN3O3. The Bertz CT molecular complexity index is 727. The van der Waals surface area contributed by atoms with Crippen LogP contribution in [0, 0.1) is 0 Å². The maximum Gasteiger partial charge on any atom is 0.261 e. The molecule has 122 valence electrons. The van der Waals surface area contributed by atoms with E-state index in [0.29, 0.717) is 22.3 Å². The molecule has 1 heterocycles. The average molecular weight is 336 g/mol. The summed E-state index contributed by atoms with van der Waals surface area (Å²) < 4.78 is 7.26. The zero-order valence-electron chi connectivity index (χ0n) is 13.2. The van der Waals surface area contributed by atoms with Crippen LogP contribution in [0.15, 0.2) is 30.5 Å². The van der Waals surface area contributed by atoms with Crippen LogP contribution in [0.25, 0.3) is 0 Å². The number of ether oxygens (including phenoxy) is 1. The van der Waals surface area contributed by atoms with E-state index < -0.39 is 6.10 Å². The summed E-state index contributed by atoms with van der Waals surface area (Å²) in [6.07, 6.45) is 0.823. The fourth-order valence-corrected chi connectivity index (χ4v) is 2.09. The third-order valence-corrected chi connectivity index (χ3v) is 3.72. The summed E-state index contributed by atoms with van der Waals surface area (Å²) in [6.45, 7) is 3.37. The van der Waals surface area contributed by atoms with Crippen molar-refractivity contribution in [3.63, 3.8) is 0 Å². The second kappa shape index (κ2) is 7.28. The summed E-state index contributed by atoms with van der Waals surface area (Å²) in [4.78, 5) is 27.5. The number of ketones is 1. The van der Waals surface area contributed by atoms with Crippen molar-refractivity contribution < 1.29 is 14.3 Å². The van der Waals surface area contributed by atoms with E-state index in [1.807, 2.05) is 0 Å². The second-order valence-electron chi connectivity index (χ2n) is 5.12. The van der Waals surface area contributed by atoms with Crippen LogP contribution in [0.1, 0.15) is 30.0 Å². The van der Waals surface area contributed by atoms with Gasteiger partial charge in [0.05, 0.1) is 12.7 Å². The van der Waals surface area contributed by atoms with Crippen LogP contribution >= 0.6 is 11.6 Å². The minimum Gasteiger partial charge on any atom is -0.481 e. The van der Waals surface area contributed by atoms with Crippen LogP contribution in [-0.2, 0) is 18.4 Å². The first-order chi connectivity index (χ1) is 10.9. The number of aromatic nitrogens is 2. The smallest absolute Gasteiger partial charge is 0.261 e. The van der Waals surface area contributed by atoms with Gasteiger partial charge in [0.2, 0.25) is 0 Å². The number of hydrogen-bond acceptors (Lipinski definition) is 4. The Morgan fingerprint density at radius 1 is 1.43 bits per heavy atom. The highest BCUT2D eigenvalue weighted by atomic mass is 35.5. The molecule has 6 nitrogen and oxygen atoms in total. The first-order valence-electron chi connectivity index (χ1n) is 7.10. The fourth-order valence-electron chi connectivity index (χ4n) is 1.94. The lowest BCUT2D eigenvalue weighted by molar-refractivity contribution is -0.127. The van der Waals surface area contributed by atoms with Gasteiger partial charge in [-0.2, -0.15) is 0 Å². The van der Waals surface area contributed by atoms with Gasteiger partial charge in [0, 0.05) is 12.6 Å². The Hall–Kier alpha value is -2.34. The number of amides is 1. The molecule has 7 heteroatoms. The number of halogens is 1. The SMILES string of the molecule is CC(=O)c1cccc(O[C@H](C)C(=O)NCc2ncc(Cl)n2C)c1. The van der Waals surface area contributed by atoms with E-state index in [1.54, 1.807) is 42.8 Å². The Kier molecular flexibility index (Phi) is 5.39. The van der Waals surface area contributed by atoms with E-state index in [9.17, 15) is 9.59 Å². The predicted molar refractivity (Wildman–Crippen MR) is 86.6 cm³/mol. The minimum absolute atomic E-state index is 0.0563. The number of hydrogen-bond donors (Lipinski definition) is 1. The monoisotopic (exact) mass is 335 g/mol. The molecule has 0 aliphatic carbocycles. The van der Waals surface area contributed by atoms with Gasteiger partial charge < -0.3 is 14.6 Å². The van der Waals surface area contributed by atoms with Gasteiger partial charge in [0.25, 0.3) is 5.91 Å². The Morgan fingerprint density at radius 3 is 2.78 bits per heavy atom. The zero-order valence-corrected chi connectivity index (χ0v) is 13.9. The number of benzene rings is 1. The molecule has 0 saturated carbocycles. The third kappa shape index (κ3) is 4.32. The van der Waals surface area contributed by atoms with Gasteiger partial charge >= 0.3 is 0 Å². The summed E-state index contributed by atoms with van der Waals surface area (Å²) >= 11 is 5.89. The minimum atomic E-state index is -0.701. The molecule has 1 aromatic heterocycles. The van der Waals surface area contributed by atoms with Crippen LogP contribution in [0.4, 0.5) is 0 Å². The molecule has 0 fully saturated rings. The Labute approximate surface area is 139 Å². The van der Waals surface area contributed by atoms with Crippen molar-refractivity contribution in [1.82, 2.24) is 14.9 Å². The van der Waals surface area contributed by atoms with E-state index in [4.69, 9.17) is 16.3 Å². The van der Waals surface area contributed by atoms with Crippen molar-refractivity contribution in [3.05, 3.63) is 47.0 Å². The molecule has 0 bridgehead atoms. The quantitative estimate of drug-likeness (QED) is 0.822. The van der Waals surface area contributed by atoms with Crippen LogP contribution in [0.3, 0.4) is 0 Å². The number of rotatable bonds is 6. The number of nitrogens with zero attached hydrogens (tertiary/aromatic N) is 2. The van der Waals surface area contributed by atoms with Gasteiger partial charge in [0.1, 0.15) is 16.7 Å². The topological polar surface area (TPSA) is 73.2 Å². The summed E-state index contributed by atoms with van der Waals surface area (Å²) in [5, 5.41) is 3.24. The Morgan fingerprint density at radius 2 is 2.17 bits per heavy atom. The van der Waals surface area contributed by atoms with Gasteiger partial charge in [0.15, 0.2) is 11.9 Å². The lowest BCUT2D eigenvalue weighted by Crippen LogP contribution is -2.36. The van der Waals surface area contributed by atoms with Gasteiger partial charge in [-0.25, -0.2) is 4.98 Å². The predicted octanol–water partition coefficient (Wildman–Crippen LogP) is 2.36. The largest absolute Gasteiger partial charge is 0.481 e. The van der Waals surface area contributed by atoms with E-state index in [1.165, 1.54) is 13.1 Å². The van der Waals surface area contributed by atoms with Crippen LogP contribution in [-0.4, -0.2) is 27.3 Å². The Balaban J connectivity index is 1.93. The zero-order chi connectivity index (χ0) is 17.0. The molecule has 0 spiro atoms. The molecule has 1 N–H and O–H groups in total.